The van der Waals surface area contributed by atoms with Crippen LogP contribution in [0.3, 0.4) is 0 Å². The first kappa shape index (κ1) is 29.4. The molecule has 0 saturated carbocycles. The maximum absolute atomic E-state index is 13.6. The number of Topliss-reactive ketones (excluding diaryl/α,β-unsaturated/α-hetero) is 1. The standard InChI is InChI=1S/C26H41NO4.C2H6/c1-6-26(5)30-16-15-24(31-26)21(4)25(28)23(18-22-13-8-7-9-14-22)17-19(2)11-10-12-20(3)27-29;1-2/h7-9,13-14,19-21,23-24H,6,10-12,15-18H2,1-5H3;1-2H3. The Labute approximate surface area is 202 Å². The monoisotopic (exact) mass is 461 g/mol. The lowest BCUT2D eigenvalue weighted by Crippen LogP contribution is -2.46. The molecular weight excluding hydrogens is 414 g/mol. The second-order valence-electron chi connectivity index (χ2n) is 9.58. The fourth-order valence-corrected chi connectivity index (χ4v) is 4.51. The molecule has 1 saturated heterocycles. The Hall–Kier alpha value is -1.59. The van der Waals surface area contributed by atoms with E-state index in [1.807, 2.05) is 52.8 Å². The van der Waals surface area contributed by atoms with Crippen LogP contribution < -0.4 is 0 Å². The highest BCUT2D eigenvalue weighted by Crippen LogP contribution is 2.32. The van der Waals surface area contributed by atoms with Crippen molar-refractivity contribution in [2.45, 2.75) is 111 Å². The first-order chi connectivity index (χ1) is 15.8. The van der Waals surface area contributed by atoms with Crippen LogP contribution in [0.15, 0.2) is 35.5 Å². The first-order valence-corrected chi connectivity index (χ1v) is 13.0. The maximum Gasteiger partial charge on any atom is 0.165 e. The van der Waals surface area contributed by atoms with Gasteiger partial charge in [-0.05, 0) is 57.4 Å². The smallest absolute Gasteiger partial charge is 0.165 e. The van der Waals surface area contributed by atoms with Crippen LogP contribution in [0.25, 0.3) is 0 Å². The Morgan fingerprint density at radius 1 is 1.15 bits per heavy atom. The number of benzene rings is 1. The van der Waals surface area contributed by atoms with Gasteiger partial charge in [0.2, 0.25) is 0 Å². The first-order valence-electron chi connectivity index (χ1n) is 13.0. The highest BCUT2D eigenvalue weighted by Gasteiger charge is 2.38. The Morgan fingerprint density at radius 3 is 2.42 bits per heavy atom. The zero-order valence-corrected chi connectivity index (χ0v) is 22.0. The zero-order valence-electron chi connectivity index (χ0n) is 22.0. The van der Waals surface area contributed by atoms with Gasteiger partial charge in [0.1, 0.15) is 5.78 Å². The molecule has 1 aromatic carbocycles. The molecule has 5 heteroatoms. The van der Waals surface area contributed by atoms with Crippen molar-refractivity contribution in [1.82, 2.24) is 0 Å². The number of nitrogens with zero attached hydrogens (tertiary/aromatic N) is 1. The van der Waals surface area contributed by atoms with Gasteiger partial charge >= 0.3 is 0 Å². The molecule has 0 bridgehead atoms. The second kappa shape index (κ2) is 15.3. The lowest BCUT2D eigenvalue weighted by Gasteiger charge is -2.40. The van der Waals surface area contributed by atoms with Crippen LogP contribution in [0.2, 0.25) is 0 Å². The summed E-state index contributed by atoms with van der Waals surface area (Å²) < 4.78 is 12.0. The van der Waals surface area contributed by atoms with Gasteiger partial charge in [0.15, 0.2) is 5.79 Å². The number of hydrogen-bond acceptors (Lipinski definition) is 5. The molecule has 0 amide bonds. The molecular formula is C28H47NO4. The van der Waals surface area contributed by atoms with Gasteiger partial charge in [-0.15, -0.1) is 0 Å². The van der Waals surface area contributed by atoms with E-state index >= 15 is 0 Å². The van der Waals surface area contributed by atoms with E-state index in [4.69, 9.17) is 9.47 Å². The molecule has 6 atom stereocenters. The fraction of sp³-hybridized carbons (Fsp3) is 0.750. The lowest BCUT2D eigenvalue weighted by atomic mass is 9.79. The number of carbonyl (C=O) groups excluding carboxylic acids is 1. The van der Waals surface area contributed by atoms with E-state index in [0.717, 1.165) is 44.9 Å². The molecule has 1 aliphatic rings. The van der Waals surface area contributed by atoms with Crippen molar-refractivity contribution in [2.24, 2.45) is 22.9 Å². The van der Waals surface area contributed by atoms with E-state index in [1.54, 1.807) is 0 Å². The number of nitroso groups, excluding NO2 is 1. The maximum atomic E-state index is 13.6. The van der Waals surface area contributed by atoms with Crippen molar-refractivity contribution in [3.05, 3.63) is 40.8 Å². The van der Waals surface area contributed by atoms with Crippen molar-refractivity contribution in [2.75, 3.05) is 6.61 Å². The van der Waals surface area contributed by atoms with Crippen molar-refractivity contribution >= 4 is 5.78 Å². The third-order valence-electron chi connectivity index (χ3n) is 6.77. The summed E-state index contributed by atoms with van der Waals surface area (Å²) in [4.78, 5) is 24.3. The van der Waals surface area contributed by atoms with E-state index in [1.165, 1.54) is 5.56 Å². The molecule has 2 rings (SSSR count). The van der Waals surface area contributed by atoms with Gasteiger partial charge in [-0.1, -0.05) is 83.0 Å². The molecule has 1 heterocycles. The molecule has 1 aliphatic heterocycles. The minimum absolute atomic E-state index is 0.0339. The number of ether oxygens (including phenoxy) is 2. The normalized spacial score (nSPS) is 24.0. The molecule has 1 fully saturated rings. The molecule has 0 aromatic heterocycles. The fourth-order valence-electron chi connectivity index (χ4n) is 4.51. The molecule has 5 nitrogen and oxygen atoms in total. The van der Waals surface area contributed by atoms with Gasteiger partial charge in [0, 0.05) is 11.8 Å². The van der Waals surface area contributed by atoms with Gasteiger partial charge in [-0.25, -0.2) is 0 Å². The Morgan fingerprint density at radius 2 is 1.82 bits per heavy atom. The molecule has 0 spiro atoms. The Kier molecular flexibility index (Phi) is 13.7. The van der Waals surface area contributed by atoms with Crippen LogP contribution in [0, 0.1) is 22.7 Å². The zero-order chi connectivity index (χ0) is 24.9. The predicted octanol–water partition coefficient (Wildman–Crippen LogP) is 7.36. The van der Waals surface area contributed by atoms with Crippen molar-refractivity contribution < 1.29 is 14.3 Å². The van der Waals surface area contributed by atoms with E-state index in [9.17, 15) is 9.70 Å². The summed E-state index contributed by atoms with van der Waals surface area (Å²) in [5, 5.41) is 3.10. The largest absolute Gasteiger partial charge is 0.350 e. The van der Waals surface area contributed by atoms with Crippen molar-refractivity contribution in [3.8, 4) is 0 Å². The quantitative estimate of drug-likeness (QED) is 0.288. The van der Waals surface area contributed by atoms with Crippen LogP contribution in [0.4, 0.5) is 0 Å². The van der Waals surface area contributed by atoms with Crippen LogP contribution in [0.1, 0.15) is 92.6 Å². The summed E-state index contributed by atoms with van der Waals surface area (Å²) >= 11 is 0. The SMILES string of the molecule is CC.CCC1(C)OCCC(C(C)C(=O)C(Cc2ccccc2)CC(C)CCCC(C)N=O)O1. The summed E-state index contributed by atoms with van der Waals surface area (Å²) in [6, 6.07) is 10.2. The van der Waals surface area contributed by atoms with Crippen LogP contribution in [-0.2, 0) is 20.7 Å². The predicted molar refractivity (Wildman–Crippen MR) is 136 cm³/mol. The summed E-state index contributed by atoms with van der Waals surface area (Å²) in [5.74, 6) is -0.0734. The van der Waals surface area contributed by atoms with Gasteiger partial charge in [0.05, 0.1) is 18.8 Å². The summed E-state index contributed by atoms with van der Waals surface area (Å²) in [7, 11) is 0. The Balaban J connectivity index is 0.00000265. The van der Waals surface area contributed by atoms with Crippen molar-refractivity contribution in [3.63, 3.8) is 0 Å². The summed E-state index contributed by atoms with van der Waals surface area (Å²) in [6.07, 6.45) is 5.83. The van der Waals surface area contributed by atoms with E-state index in [0.29, 0.717) is 18.3 Å². The average Bonchev–Trinajstić information content (AvgIpc) is 2.84. The lowest BCUT2D eigenvalue weighted by molar-refractivity contribution is -0.290. The van der Waals surface area contributed by atoms with Gasteiger partial charge in [0.25, 0.3) is 0 Å². The highest BCUT2D eigenvalue weighted by atomic mass is 16.7. The van der Waals surface area contributed by atoms with Crippen LogP contribution >= 0.6 is 0 Å². The van der Waals surface area contributed by atoms with Gasteiger partial charge in [-0.3, -0.25) is 4.79 Å². The average molecular weight is 462 g/mol. The topological polar surface area (TPSA) is 65.0 Å². The molecule has 0 radical (unpaired) electrons. The third kappa shape index (κ3) is 10.1. The number of carbonyl (C=O) groups is 1. The number of rotatable bonds is 13. The number of hydrogen-bond donors (Lipinski definition) is 0. The van der Waals surface area contributed by atoms with E-state index < -0.39 is 5.79 Å². The number of ketones is 1. The minimum atomic E-state index is -0.594. The van der Waals surface area contributed by atoms with Crippen LogP contribution in [-0.4, -0.2) is 30.3 Å². The second-order valence-corrected chi connectivity index (χ2v) is 9.58. The molecule has 6 unspecified atom stereocenters. The molecule has 0 aliphatic carbocycles. The Bertz CT molecular complexity index is 680. The summed E-state index contributed by atoms with van der Waals surface area (Å²) in [6.45, 7) is 14.8. The molecule has 33 heavy (non-hydrogen) atoms. The highest BCUT2D eigenvalue weighted by molar-refractivity contribution is 5.84. The van der Waals surface area contributed by atoms with E-state index in [-0.39, 0.29) is 24.0 Å². The van der Waals surface area contributed by atoms with E-state index in [2.05, 4.69) is 31.2 Å². The third-order valence-corrected chi connectivity index (χ3v) is 6.77. The van der Waals surface area contributed by atoms with Crippen molar-refractivity contribution in [1.29, 1.82) is 0 Å². The van der Waals surface area contributed by atoms with Gasteiger partial charge in [-0.2, -0.15) is 4.91 Å². The molecule has 188 valence electrons. The summed E-state index contributed by atoms with van der Waals surface area (Å²) in [5.41, 5.74) is 1.20. The molecule has 1 aromatic rings. The van der Waals surface area contributed by atoms with Crippen LogP contribution in [0.5, 0.6) is 0 Å². The minimum Gasteiger partial charge on any atom is -0.350 e. The molecule has 0 N–H and O–H groups in total. The van der Waals surface area contributed by atoms with Gasteiger partial charge < -0.3 is 9.47 Å².